The van der Waals surface area contributed by atoms with Gasteiger partial charge in [0.05, 0.1) is 0 Å². The average Bonchev–Trinajstić information content (AvgIpc) is 2.64. The van der Waals surface area contributed by atoms with Crippen LogP contribution in [0.25, 0.3) is 0 Å². The second kappa shape index (κ2) is 10.2. The van der Waals surface area contributed by atoms with E-state index in [2.05, 4.69) is 22.2 Å². The number of likely N-dealkylation sites (tertiary alicyclic amines) is 1. The van der Waals surface area contributed by atoms with Gasteiger partial charge in [-0.25, -0.2) is 4.79 Å². The zero-order valence-corrected chi connectivity index (χ0v) is 18.1. The van der Waals surface area contributed by atoms with Crippen molar-refractivity contribution in [2.75, 3.05) is 46.3 Å². The molecule has 0 radical (unpaired) electrons. The van der Waals surface area contributed by atoms with E-state index in [0.717, 1.165) is 39.0 Å². The van der Waals surface area contributed by atoms with E-state index >= 15 is 0 Å². The maximum absolute atomic E-state index is 13.0. The number of alkyl carbamates (subject to hydrolysis) is 1. The van der Waals surface area contributed by atoms with Gasteiger partial charge in [0, 0.05) is 38.6 Å². The third-order valence-electron chi connectivity index (χ3n) is 5.47. The molecule has 0 aromatic carbocycles. The first-order chi connectivity index (χ1) is 13.5. The highest BCUT2D eigenvalue weighted by molar-refractivity contribution is 5.86. The van der Waals surface area contributed by atoms with E-state index in [-0.39, 0.29) is 18.7 Å². The third kappa shape index (κ3) is 7.81. The van der Waals surface area contributed by atoms with Crippen LogP contribution < -0.4 is 5.32 Å². The molecule has 2 amide bonds. The van der Waals surface area contributed by atoms with Crippen LogP contribution in [0.4, 0.5) is 4.79 Å². The second-order valence-electron chi connectivity index (χ2n) is 9.03. The summed E-state index contributed by atoms with van der Waals surface area (Å²) < 4.78 is 5.24. The summed E-state index contributed by atoms with van der Waals surface area (Å²) in [6, 6.07) is -0.332. The van der Waals surface area contributed by atoms with Crippen LogP contribution in [0, 0.1) is 0 Å². The Morgan fingerprint density at radius 3 is 2.17 bits per heavy atom. The van der Waals surface area contributed by atoms with Crippen molar-refractivity contribution < 1.29 is 24.2 Å². The van der Waals surface area contributed by atoms with Crippen molar-refractivity contribution in [3.63, 3.8) is 0 Å². The molecule has 9 nitrogen and oxygen atoms in total. The molecule has 0 unspecified atom stereocenters. The smallest absolute Gasteiger partial charge is 0.408 e. The monoisotopic (exact) mass is 412 g/mol. The molecule has 2 rings (SSSR count). The number of carbonyl (C=O) groups is 3. The lowest BCUT2D eigenvalue weighted by Crippen LogP contribution is -2.57. The lowest BCUT2D eigenvalue weighted by Gasteiger charge is -2.42. The molecule has 0 aromatic rings. The van der Waals surface area contributed by atoms with Crippen LogP contribution >= 0.6 is 0 Å². The van der Waals surface area contributed by atoms with Gasteiger partial charge in [0.15, 0.2) is 0 Å². The Bertz CT molecular complexity index is 576. The van der Waals surface area contributed by atoms with Crippen LogP contribution in [-0.4, -0.2) is 102 Å². The van der Waals surface area contributed by atoms with Gasteiger partial charge in [-0.15, -0.1) is 0 Å². The molecule has 9 heteroatoms. The first kappa shape index (κ1) is 23.4. The molecule has 2 N–H and O–H groups in total. The highest BCUT2D eigenvalue weighted by atomic mass is 16.6. The summed E-state index contributed by atoms with van der Waals surface area (Å²) in [6.45, 7) is 10.2. The third-order valence-corrected chi connectivity index (χ3v) is 5.47. The molecule has 2 aliphatic rings. The summed E-state index contributed by atoms with van der Waals surface area (Å²) >= 11 is 0. The SMILES string of the molecule is CN1CCC(N2CCN(C(=O)[C@H](CCC(=O)O)NC(=O)OC(C)(C)C)CC2)CC1. The maximum atomic E-state index is 13.0. The molecule has 29 heavy (non-hydrogen) atoms. The van der Waals surface area contributed by atoms with Crippen LogP contribution in [0.15, 0.2) is 0 Å². The van der Waals surface area contributed by atoms with Crippen molar-refractivity contribution in [3.05, 3.63) is 0 Å². The zero-order valence-electron chi connectivity index (χ0n) is 18.1. The van der Waals surface area contributed by atoms with Crippen molar-refractivity contribution in [2.45, 2.75) is 64.1 Å². The molecule has 1 atom stereocenters. The van der Waals surface area contributed by atoms with E-state index in [9.17, 15) is 14.4 Å². The summed E-state index contributed by atoms with van der Waals surface area (Å²) in [4.78, 5) is 42.6. The van der Waals surface area contributed by atoms with Crippen molar-refractivity contribution in [1.29, 1.82) is 0 Å². The van der Waals surface area contributed by atoms with E-state index in [1.165, 1.54) is 0 Å². The fourth-order valence-electron chi connectivity index (χ4n) is 3.86. The summed E-state index contributed by atoms with van der Waals surface area (Å²) in [7, 11) is 2.14. The second-order valence-corrected chi connectivity index (χ2v) is 9.03. The number of carboxylic acids is 1. The van der Waals surface area contributed by atoms with Gasteiger partial charge < -0.3 is 25.0 Å². The Morgan fingerprint density at radius 2 is 1.66 bits per heavy atom. The number of nitrogens with one attached hydrogen (secondary N) is 1. The predicted molar refractivity (Wildman–Crippen MR) is 109 cm³/mol. The Labute approximate surface area is 173 Å². The van der Waals surface area contributed by atoms with E-state index in [1.54, 1.807) is 25.7 Å². The molecule has 0 aliphatic carbocycles. The van der Waals surface area contributed by atoms with Crippen LogP contribution in [-0.2, 0) is 14.3 Å². The Morgan fingerprint density at radius 1 is 1.07 bits per heavy atom. The molecule has 166 valence electrons. The number of hydrogen-bond acceptors (Lipinski definition) is 6. The first-order valence-corrected chi connectivity index (χ1v) is 10.5. The van der Waals surface area contributed by atoms with E-state index in [1.807, 2.05) is 0 Å². The molecule has 2 aliphatic heterocycles. The van der Waals surface area contributed by atoms with Gasteiger partial charge in [-0.3, -0.25) is 14.5 Å². The number of rotatable bonds is 6. The standard InChI is InChI=1S/C20H36N4O5/c1-20(2,3)29-19(28)21-16(5-6-17(25)26)18(27)24-13-11-23(12-14-24)15-7-9-22(4)10-8-15/h15-16H,5-14H2,1-4H3,(H,21,28)(H,25,26)/t16-/m0/s1. The zero-order chi connectivity index (χ0) is 21.6. The first-order valence-electron chi connectivity index (χ1n) is 10.5. The molecule has 0 spiro atoms. The average molecular weight is 413 g/mol. The number of ether oxygens (including phenoxy) is 1. The molecular weight excluding hydrogens is 376 g/mol. The highest BCUT2D eigenvalue weighted by Gasteiger charge is 2.32. The van der Waals surface area contributed by atoms with Gasteiger partial charge in [0.2, 0.25) is 5.91 Å². The molecule has 0 aromatic heterocycles. The van der Waals surface area contributed by atoms with Gasteiger partial charge in [-0.05, 0) is 60.2 Å². The Kier molecular flexibility index (Phi) is 8.27. The largest absolute Gasteiger partial charge is 0.481 e. The lowest BCUT2D eigenvalue weighted by molar-refractivity contribution is -0.138. The van der Waals surface area contributed by atoms with Gasteiger partial charge in [-0.1, -0.05) is 0 Å². The van der Waals surface area contributed by atoms with E-state index in [4.69, 9.17) is 9.84 Å². The van der Waals surface area contributed by atoms with Crippen LogP contribution in [0.5, 0.6) is 0 Å². The molecular formula is C20H36N4O5. The summed E-state index contributed by atoms with van der Waals surface area (Å²) in [6.07, 6.45) is 1.44. The van der Waals surface area contributed by atoms with Gasteiger partial charge in [-0.2, -0.15) is 0 Å². The Balaban J connectivity index is 1.90. The number of hydrogen-bond donors (Lipinski definition) is 2. The number of amides is 2. The summed E-state index contributed by atoms with van der Waals surface area (Å²) in [5.41, 5.74) is -0.690. The molecule has 0 saturated carbocycles. The van der Waals surface area contributed by atoms with Gasteiger partial charge >= 0.3 is 12.1 Å². The summed E-state index contributed by atoms with van der Waals surface area (Å²) in [5, 5.41) is 11.6. The van der Waals surface area contributed by atoms with E-state index < -0.39 is 23.7 Å². The van der Waals surface area contributed by atoms with Crippen LogP contribution in [0.3, 0.4) is 0 Å². The minimum absolute atomic E-state index is 0.0442. The topological polar surface area (TPSA) is 102 Å². The van der Waals surface area contributed by atoms with Crippen molar-refractivity contribution >= 4 is 18.0 Å². The van der Waals surface area contributed by atoms with Gasteiger partial charge in [0.25, 0.3) is 0 Å². The fraction of sp³-hybridized carbons (Fsp3) is 0.850. The minimum atomic E-state index is -0.999. The van der Waals surface area contributed by atoms with Crippen molar-refractivity contribution in [2.24, 2.45) is 0 Å². The number of nitrogens with zero attached hydrogens (tertiary/aromatic N) is 3. The molecule has 0 bridgehead atoms. The van der Waals surface area contributed by atoms with Crippen LogP contribution in [0.2, 0.25) is 0 Å². The van der Waals surface area contributed by atoms with Gasteiger partial charge in [0.1, 0.15) is 11.6 Å². The molecule has 2 heterocycles. The maximum Gasteiger partial charge on any atom is 0.408 e. The highest BCUT2D eigenvalue weighted by Crippen LogP contribution is 2.18. The number of carboxylic acid groups (broad SMARTS) is 1. The number of carbonyl (C=O) groups excluding carboxylic acids is 2. The predicted octanol–water partition coefficient (Wildman–Crippen LogP) is 0.983. The number of aliphatic carboxylic acids is 1. The lowest BCUT2D eigenvalue weighted by atomic mass is 10.0. The minimum Gasteiger partial charge on any atom is -0.481 e. The van der Waals surface area contributed by atoms with Crippen molar-refractivity contribution in [3.8, 4) is 0 Å². The quantitative estimate of drug-likeness (QED) is 0.670. The normalized spacial score (nSPS) is 20.9. The molecule has 2 saturated heterocycles. The van der Waals surface area contributed by atoms with Crippen LogP contribution in [0.1, 0.15) is 46.5 Å². The Hall–Kier alpha value is -1.87. The summed E-state index contributed by atoms with van der Waals surface area (Å²) in [5.74, 6) is -1.24. The number of piperidine rings is 1. The fourth-order valence-corrected chi connectivity index (χ4v) is 3.86. The van der Waals surface area contributed by atoms with Crippen molar-refractivity contribution in [1.82, 2.24) is 20.0 Å². The van der Waals surface area contributed by atoms with E-state index in [0.29, 0.717) is 19.1 Å². The molecule has 2 fully saturated rings. The number of piperazine rings is 1.